The Morgan fingerprint density at radius 3 is 2.54 bits per heavy atom. The molecule has 2 heterocycles. The first kappa shape index (κ1) is 28.1. The molecule has 1 aromatic heterocycles. The lowest BCUT2D eigenvalue weighted by Gasteiger charge is -2.29. The number of nitrogens with two attached hydrogens (primary N) is 2. The van der Waals surface area contributed by atoms with Gasteiger partial charge in [0.05, 0.1) is 12.4 Å². The minimum atomic E-state index is -1.17. The molecular formula is C21H33N7O6S. The van der Waals surface area contributed by atoms with Crippen LogP contribution < -0.4 is 22.1 Å². The summed E-state index contributed by atoms with van der Waals surface area (Å²) in [7, 11) is 0. The number of aromatic nitrogens is 2. The van der Waals surface area contributed by atoms with E-state index in [1.54, 1.807) is 0 Å². The normalized spacial score (nSPS) is 17.9. The second-order valence-corrected chi connectivity index (χ2v) is 9.31. The van der Waals surface area contributed by atoms with E-state index in [0.717, 1.165) is 0 Å². The van der Waals surface area contributed by atoms with Gasteiger partial charge in [0.25, 0.3) is 0 Å². The Labute approximate surface area is 207 Å². The van der Waals surface area contributed by atoms with E-state index in [9.17, 15) is 29.1 Å². The molecular weight excluding hydrogens is 478 g/mol. The number of carboxylic acid groups (broad SMARTS) is 1. The minimum Gasteiger partial charge on any atom is -0.480 e. The average Bonchev–Trinajstić information content (AvgIpc) is 3.50. The number of hydrogen-bond acceptors (Lipinski definition) is 8. The number of nitrogens with zero attached hydrogens (tertiary/aromatic N) is 2. The molecule has 0 bridgehead atoms. The van der Waals surface area contributed by atoms with Crippen LogP contribution in [-0.4, -0.2) is 92.3 Å². The number of hydrogen-bond donors (Lipinski definition) is 6. The van der Waals surface area contributed by atoms with Gasteiger partial charge in [-0.2, -0.15) is 11.8 Å². The maximum Gasteiger partial charge on any atom is 0.326 e. The molecule has 4 atom stereocenters. The summed E-state index contributed by atoms with van der Waals surface area (Å²) in [6.07, 6.45) is 5.86. The molecule has 13 nitrogen and oxygen atoms in total. The van der Waals surface area contributed by atoms with Crippen LogP contribution in [0, 0.1) is 0 Å². The van der Waals surface area contributed by atoms with Gasteiger partial charge in [-0.1, -0.05) is 0 Å². The largest absolute Gasteiger partial charge is 0.480 e. The van der Waals surface area contributed by atoms with E-state index < -0.39 is 53.8 Å². The molecule has 8 N–H and O–H groups in total. The molecule has 4 unspecified atom stereocenters. The minimum absolute atomic E-state index is 0.0887. The van der Waals surface area contributed by atoms with E-state index in [1.807, 2.05) is 6.26 Å². The van der Waals surface area contributed by atoms with Gasteiger partial charge in [0.1, 0.15) is 18.1 Å². The lowest BCUT2D eigenvalue weighted by atomic mass is 10.1. The van der Waals surface area contributed by atoms with E-state index in [1.165, 1.54) is 29.2 Å². The number of nitrogens with one attached hydrogen (secondary N) is 3. The van der Waals surface area contributed by atoms with Crippen molar-refractivity contribution in [2.75, 3.05) is 18.6 Å². The van der Waals surface area contributed by atoms with E-state index in [0.29, 0.717) is 24.3 Å². The zero-order valence-electron chi connectivity index (χ0n) is 19.6. The van der Waals surface area contributed by atoms with Crippen LogP contribution in [0.2, 0.25) is 0 Å². The monoisotopic (exact) mass is 511 g/mol. The number of amides is 4. The van der Waals surface area contributed by atoms with Crippen molar-refractivity contribution in [3.8, 4) is 0 Å². The summed E-state index contributed by atoms with van der Waals surface area (Å²) in [5.41, 5.74) is 11.8. The van der Waals surface area contributed by atoms with Gasteiger partial charge in [-0.25, -0.2) is 9.78 Å². The lowest BCUT2D eigenvalue weighted by Crippen LogP contribution is -2.57. The van der Waals surface area contributed by atoms with Crippen molar-refractivity contribution in [2.45, 2.75) is 62.7 Å². The number of carboxylic acids is 1. The van der Waals surface area contributed by atoms with Crippen LogP contribution in [0.1, 0.15) is 37.8 Å². The molecule has 0 spiro atoms. The summed E-state index contributed by atoms with van der Waals surface area (Å²) in [6, 6.07) is -4.08. The SMILES string of the molecule is CSCCC(NC(=O)C(CCC(N)=O)NC(=O)C(N)Cc1cnc[nH]1)C(=O)N1CCCC1C(=O)O. The molecule has 0 aliphatic carbocycles. The van der Waals surface area contributed by atoms with Crippen LogP contribution in [0.25, 0.3) is 0 Å². The second kappa shape index (κ2) is 13.7. The molecule has 1 aliphatic rings. The first-order valence-corrected chi connectivity index (χ1v) is 12.7. The van der Waals surface area contributed by atoms with Crippen LogP contribution in [0.15, 0.2) is 12.5 Å². The maximum absolute atomic E-state index is 13.1. The van der Waals surface area contributed by atoms with Gasteiger partial charge >= 0.3 is 5.97 Å². The van der Waals surface area contributed by atoms with Gasteiger partial charge in [0.15, 0.2) is 0 Å². The van der Waals surface area contributed by atoms with Crippen molar-refractivity contribution < 1.29 is 29.1 Å². The Hall–Kier alpha value is -3.13. The van der Waals surface area contributed by atoms with E-state index >= 15 is 0 Å². The molecule has 35 heavy (non-hydrogen) atoms. The molecule has 1 fully saturated rings. The predicted octanol–water partition coefficient (Wildman–Crippen LogP) is -1.66. The third kappa shape index (κ3) is 8.55. The van der Waals surface area contributed by atoms with Crippen molar-refractivity contribution in [2.24, 2.45) is 11.5 Å². The number of likely N-dealkylation sites (tertiary alicyclic amines) is 1. The molecule has 14 heteroatoms. The first-order valence-electron chi connectivity index (χ1n) is 11.3. The van der Waals surface area contributed by atoms with Crippen LogP contribution in [0.4, 0.5) is 0 Å². The molecule has 194 valence electrons. The molecule has 1 saturated heterocycles. The molecule has 4 amide bonds. The zero-order valence-corrected chi connectivity index (χ0v) is 20.4. The number of rotatable bonds is 14. The summed E-state index contributed by atoms with van der Waals surface area (Å²) in [5.74, 6) is -3.01. The summed E-state index contributed by atoms with van der Waals surface area (Å²) in [4.78, 5) is 69.7. The highest BCUT2D eigenvalue weighted by Crippen LogP contribution is 2.20. The number of aromatic amines is 1. The van der Waals surface area contributed by atoms with Gasteiger partial charge < -0.3 is 37.1 Å². The molecule has 0 aromatic carbocycles. The fourth-order valence-corrected chi connectivity index (χ4v) is 4.28. The van der Waals surface area contributed by atoms with Crippen LogP contribution >= 0.6 is 11.8 Å². The molecule has 1 aliphatic heterocycles. The average molecular weight is 512 g/mol. The number of carbonyl (C=O) groups excluding carboxylic acids is 4. The standard InChI is InChI=1S/C21H33N7O6S/c1-35-8-6-15(20(32)28-7-2-3-16(28)21(33)34)27-19(31)14(4-5-17(23)29)26-18(30)13(22)9-12-10-24-11-25-12/h10-11,13-16H,2-9,22H2,1H3,(H2,23,29)(H,24,25)(H,26,30)(H,27,31)(H,33,34). The fraction of sp³-hybridized carbons (Fsp3) is 0.619. The van der Waals surface area contributed by atoms with Crippen LogP contribution in [0.5, 0.6) is 0 Å². The molecule has 0 radical (unpaired) electrons. The third-order valence-electron chi connectivity index (χ3n) is 5.69. The topological polar surface area (TPSA) is 214 Å². The van der Waals surface area contributed by atoms with Crippen molar-refractivity contribution in [1.82, 2.24) is 25.5 Å². The summed E-state index contributed by atoms with van der Waals surface area (Å²) < 4.78 is 0. The molecule has 1 aromatic rings. The van der Waals surface area contributed by atoms with Gasteiger partial charge in [0.2, 0.25) is 23.6 Å². The van der Waals surface area contributed by atoms with E-state index in [-0.39, 0.29) is 32.2 Å². The van der Waals surface area contributed by atoms with Crippen molar-refractivity contribution >= 4 is 41.4 Å². The Balaban J connectivity index is 2.12. The Morgan fingerprint density at radius 2 is 1.94 bits per heavy atom. The third-order valence-corrected chi connectivity index (χ3v) is 6.33. The number of imidazole rings is 1. The second-order valence-electron chi connectivity index (χ2n) is 8.32. The highest BCUT2D eigenvalue weighted by molar-refractivity contribution is 7.98. The quantitative estimate of drug-likeness (QED) is 0.168. The van der Waals surface area contributed by atoms with E-state index in [2.05, 4.69) is 20.6 Å². The van der Waals surface area contributed by atoms with Crippen molar-refractivity contribution in [1.29, 1.82) is 0 Å². The van der Waals surface area contributed by atoms with Gasteiger partial charge in [-0.05, 0) is 37.7 Å². The summed E-state index contributed by atoms with van der Waals surface area (Å²) in [6.45, 7) is 0.283. The van der Waals surface area contributed by atoms with Crippen LogP contribution in [0.3, 0.4) is 0 Å². The number of thioether (sulfide) groups is 1. The number of carbonyl (C=O) groups is 5. The van der Waals surface area contributed by atoms with E-state index in [4.69, 9.17) is 11.5 Å². The van der Waals surface area contributed by atoms with Crippen LogP contribution in [-0.2, 0) is 30.4 Å². The van der Waals surface area contributed by atoms with Gasteiger partial charge in [-0.3, -0.25) is 19.2 Å². The molecule has 0 saturated carbocycles. The number of aliphatic carboxylic acids is 1. The highest BCUT2D eigenvalue weighted by Gasteiger charge is 2.38. The number of primary amides is 1. The van der Waals surface area contributed by atoms with Gasteiger partial charge in [-0.15, -0.1) is 0 Å². The fourth-order valence-electron chi connectivity index (χ4n) is 3.81. The Kier molecular flexibility index (Phi) is 11.0. The van der Waals surface area contributed by atoms with Crippen molar-refractivity contribution in [3.05, 3.63) is 18.2 Å². The Bertz CT molecular complexity index is 897. The summed E-state index contributed by atoms with van der Waals surface area (Å²) in [5, 5.41) is 14.6. The first-order chi connectivity index (χ1) is 16.6. The smallest absolute Gasteiger partial charge is 0.326 e. The Morgan fingerprint density at radius 1 is 1.23 bits per heavy atom. The molecule has 2 rings (SSSR count). The zero-order chi connectivity index (χ0) is 26.0. The highest BCUT2D eigenvalue weighted by atomic mass is 32.2. The number of H-pyrrole nitrogens is 1. The lowest BCUT2D eigenvalue weighted by molar-refractivity contribution is -0.149. The maximum atomic E-state index is 13.1. The predicted molar refractivity (Wildman–Crippen MR) is 128 cm³/mol. The van der Waals surface area contributed by atoms with Crippen molar-refractivity contribution in [3.63, 3.8) is 0 Å². The summed E-state index contributed by atoms with van der Waals surface area (Å²) >= 11 is 1.47. The van der Waals surface area contributed by atoms with Gasteiger partial charge in [0, 0.05) is 31.3 Å².